The molecule has 0 unspecified atom stereocenters. The van der Waals surface area contributed by atoms with Crippen molar-refractivity contribution in [1.29, 1.82) is 0 Å². The number of rotatable bonds is 3. The van der Waals surface area contributed by atoms with E-state index >= 15 is 0 Å². The van der Waals surface area contributed by atoms with Crippen LogP contribution in [0, 0.1) is 0 Å². The minimum Gasteiger partial charge on any atom is -0.329 e. The molecule has 1 aliphatic rings. The minimum atomic E-state index is 0.733. The molecular weight excluding hydrogens is 138 g/mol. The van der Waals surface area contributed by atoms with Crippen molar-refractivity contribution in [3.8, 4) is 0 Å². The van der Waals surface area contributed by atoms with E-state index in [4.69, 9.17) is 5.73 Å². The van der Waals surface area contributed by atoms with E-state index in [1.807, 2.05) is 0 Å². The highest BCUT2D eigenvalue weighted by molar-refractivity contribution is 4.59. The van der Waals surface area contributed by atoms with Crippen LogP contribution in [0.1, 0.15) is 25.7 Å². The van der Waals surface area contributed by atoms with Crippen LogP contribution in [0.4, 0.5) is 0 Å². The molecule has 0 spiro atoms. The Kier molecular flexibility index (Phi) is 4.50. The molecule has 0 aliphatic carbocycles. The summed E-state index contributed by atoms with van der Waals surface area (Å²) in [5.41, 5.74) is 8.72. The van der Waals surface area contributed by atoms with Gasteiger partial charge in [-0.1, -0.05) is 12.8 Å². The second kappa shape index (κ2) is 5.52. The van der Waals surface area contributed by atoms with Crippen molar-refractivity contribution in [2.24, 2.45) is 5.73 Å². The number of nitrogens with two attached hydrogens (primary N) is 1. The van der Waals surface area contributed by atoms with E-state index in [0.717, 1.165) is 13.1 Å². The molecule has 0 aromatic heterocycles. The largest absolute Gasteiger partial charge is 0.329 e. The molecule has 0 radical (unpaired) electrons. The molecule has 0 amide bonds. The maximum absolute atomic E-state index is 5.40. The second-order valence-corrected chi connectivity index (χ2v) is 3.10. The highest BCUT2D eigenvalue weighted by atomic mass is 15.5. The van der Waals surface area contributed by atoms with Gasteiger partial charge in [-0.2, -0.15) is 0 Å². The van der Waals surface area contributed by atoms with Gasteiger partial charge in [0.1, 0.15) is 0 Å². The van der Waals surface area contributed by atoms with Crippen LogP contribution in [-0.4, -0.2) is 31.2 Å². The van der Waals surface area contributed by atoms with Crippen LogP contribution >= 0.6 is 0 Å². The molecule has 1 heterocycles. The molecule has 1 aliphatic heterocycles. The predicted octanol–water partition coefficient (Wildman–Crippen LogP) is 0.326. The van der Waals surface area contributed by atoms with Crippen LogP contribution in [0.2, 0.25) is 0 Å². The molecule has 3 heteroatoms. The summed E-state index contributed by atoms with van der Waals surface area (Å²) in [5, 5.41) is 2.31. The van der Waals surface area contributed by atoms with Crippen molar-refractivity contribution < 1.29 is 0 Å². The summed E-state index contributed by atoms with van der Waals surface area (Å²) in [7, 11) is 0. The van der Waals surface area contributed by atoms with Gasteiger partial charge in [0.05, 0.1) is 0 Å². The Hall–Kier alpha value is -0.120. The first kappa shape index (κ1) is 8.97. The summed E-state index contributed by atoms with van der Waals surface area (Å²) in [6.45, 7) is 4.04. The van der Waals surface area contributed by atoms with Crippen LogP contribution in [-0.2, 0) is 0 Å². The van der Waals surface area contributed by atoms with Gasteiger partial charge in [-0.25, -0.2) is 5.01 Å². The minimum absolute atomic E-state index is 0.733. The number of nitrogens with zero attached hydrogens (tertiary/aromatic N) is 1. The lowest BCUT2D eigenvalue weighted by Gasteiger charge is -2.20. The molecule has 0 aromatic rings. The zero-order chi connectivity index (χ0) is 7.94. The van der Waals surface area contributed by atoms with Gasteiger partial charge in [0.25, 0.3) is 0 Å². The summed E-state index contributed by atoms with van der Waals surface area (Å²) in [4.78, 5) is 0. The number of hydrogen-bond donors (Lipinski definition) is 2. The number of hydrazine groups is 1. The van der Waals surface area contributed by atoms with Gasteiger partial charge in [-0.05, 0) is 12.8 Å². The van der Waals surface area contributed by atoms with Crippen LogP contribution in [0.5, 0.6) is 0 Å². The number of nitrogens with one attached hydrogen (secondary N) is 1. The summed E-state index contributed by atoms with van der Waals surface area (Å²) in [5.74, 6) is 0. The van der Waals surface area contributed by atoms with Gasteiger partial charge >= 0.3 is 0 Å². The Bertz CT molecular complexity index is 87.3. The monoisotopic (exact) mass is 157 g/mol. The summed E-state index contributed by atoms with van der Waals surface area (Å²) in [6, 6.07) is 0. The van der Waals surface area contributed by atoms with E-state index in [2.05, 4.69) is 10.4 Å². The molecule has 0 atom stereocenters. The fourth-order valence-electron chi connectivity index (χ4n) is 1.45. The van der Waals surface area contributed by atoms with Crippen molar-refractivity contribution in [3.05, 3.63) is 0 Å². The van der Waals surface area contributed by atoms with Gasteiger partial charge in [0, 0.05) is 26.2 Å². The molecule has 0 saturated carbocycles. The zero-order valence-corrected chi connectivity index (χ0v) is 7.18. The van der Waals surface area contributed by atoms with Gasteiger partial charge in [-0.3, -0.25) is 5.43 Å². The van der Waals surface area contributed by atoms with Crippen molar-refractivity contribution in [1.82, 2.24) is 10.4 Å². The SMILES string of the molecule is NCCNN1CCCCCC1. The molecule has 0 aromatic carbocycles. The quantitative estimate of drug-likeness (QED) is 0.620. The third-order valence-corrected chi connectivity index (χ3v) is 2.09. The maximum atomic E-state index is 5.40. The van der Waals surface area contributed by atoms with Crippen LogP contribution in [0.3, 0.4) is 0 Å². The topological polar surface area (TPSA) is 41.3 Å². The fourth-order valence-corrected chi connectivity index (χ4v) is 1.45. The van der Waals surface area contributed by atoms with Crippen LogP contribution in [0.25, 0.3) is 0 Å². The summed E-state index contributed by atoms with van der Waals surface area (Å²) in [6.07, 6.45) is 5.44. The Morgan fingerprint density at radius 2 is 1.73 bits per heavy atom. The molecule has 1 saturated heterocycles. The third-order valence-electron chi connectivity index (χ3n) is 2.09. The van der Waals surface area contributed by atoms with E-state index < -0.39 is 0 Å². The Morgan fingerprint density at radius 3 is 2.27 bits per heavy atom. The highest BCUT2D eigenvalue weighted by Crippen LogP contribution is 2.06. The van der Waals surface area contributed by atoms with Gasteiger partial charge in [0.2, 0.25) is 0 Å². The van der Waals surface area contributed by atoms with Crippen molar-refractivity contribution in [3.63, 3.8) is 0 Å². The Labute approximate surface area is 68.9 Å². The Balaban J connectivity index is 2.09. The van der Waals surface area contributed by atoms with E-state index in [-0.39, 0.29) is 0 Å². The number of hydrogen-bond acceptors (Lipinski definition) is 3. The third kappa shape index (κ3) is 3.70. The summed E-state index contributed by atoms with van der Waals surface area (Å²) < 4.78 is 0. The fraction of sp³-hybridized carbons (Fsp3) is 1.00. The lowest BCUT2D eigenvalue weighted by molar-refractivity contribution is 0.198. The molecule has 1 rings (SSSR count). The first-order valence-corrected chi connectivity index (χ1v) is 4.62. The van der Waals surface area contributed by atoms with E-state index in [1.54, 1.807) is 0 Å². The normalized spacial score (nSPS) is 21.5. The average Bonchev–Trinajstić information content (AvgIpc) is 2.28. The first-order chi connectivity index (χ1) is 5.43. The highest BCUT2D eigenvalue weighted by Gasteiger charge is 2.06. The van der Waals surface area contributed by atoms with E-state index in [9.17, 15) is 0 Å². The smallest absolute Gasteiger partial charge is 0.0225 e. The Morgan fingerprint density at radius 1 is 1.09 bits per heavy atom. The second-order valence-electron chi connectivity index (χ2n) is 3.10. The van der Waals surface area contributed by atoms with Crippen LogP contribution in [0.15, 0.2) is 0 Å². The van der Waals surface area contributed by atoms with Crippen molar-refractivity contribution in [2.75, 3.05) is 26.2 Å². The molecule has 3 N–H and O–H groups in total. The average molecular weight is 157 g/mol. The van der Waals surface area contributed by atoms with Gasteiger partial charge < -0.3 is 5.73 Å². The van der Waals surface area contributed by atoms with Crippen molar-refractivity contribution in [2.45, 2.75) is 25.7 Å². The predicted molar refractivity (Wildman–Crippen MR) is 47.1 cm³/mol. The standard InChI is InChI=1S/C8H19N3/c9-5-6-10-11-7-3-1-2-4-8-11/h10H,1-9H2. The molecule has 1 fully saturated rings. The zero-order valence-electron chi connectivity index (χ0n) is 7.18. The molecule has 11 heavy (non-hydrogen) atoms. The maximum Gasteiger partial charge on any atom is 0.0225 e. The first-order valence-electron chi connectivity index (χ1n) is 4.62. The van der Waals surface area contributed by atoms with E-state index in [0.29, 0.717) is 0 Å². The molecular formula is C8H19N3. The van der Waals surface area contributed by atoms with Crippen molar-refractivity contribution >= 4 is 0 Å². The van der Waals surface area contributed by atoms with Gasteiger partial charge in [-0.15, -0.1) is 0 Å². The molecule has 3 nitrogen and oxygen atoms in total. The molecule has 66 valence electrons. The van der Waals surface area contributed by atoms with Gasteiger partial charge in [0.15, 0.2) is 0 Å². The van der Waals surface area contributed by atoms with Crippen LogP contribution < -0.4 is 11.2 Å². The summed E-state index contributed by atoms with van der Waals surface area (Å²) >= 11 is 0. The van der Waals surface area contributed by atoms with E-state index in [1.165, 1.54) is 38.8 Å². The lowest BCUT2D eigenvalue weighted by atomic mass is 10.2. The lowest BCUT2D eigenvalue weighted by Crippen LogP contribution is -2.41. The molecule has 0 bridgehead atoms.